The summed E-state index contributed by atoms with van der Waals surface area (Å²) < 4.78 is 52.0. The second kappa shape index (κ2) is 6.44. The lowest BCUT2D eigenvalue weighted by molar-refractivity contribution is -0.137. The smallest absolute Gasteiger partial charge is 0.417 e. The van der Waals surface area contributed by atoms with Crippen LogP contribution in [0.3, 0.4) is 0 Å². The van der Waals surface area contributed by atoms with Gasteiger partial charge in [-0.05, 0) is 50.5 Å². The van der Waals surface area contributed by atoms with Crippen LogP contribution in [0.5, 0.6) is 5.75 Å². The van der Waals surface area contributed by atoms with Gasteiger partial charge < -0.3 is 9.26 Å². The van der Waals surface area contributed by atoms with Gasteiger partial charge in [0.2, 0.25) is 0 Å². The van der Waals surface area contributed by atoms with Gasteiger partial charge in [0.05, 0.1) is 11.7 Å². The molecular formula is C21H18F3NO2. The molecule has 1 aromatic heterocycles. The molecule has 3 nitrogen and oxygen atoms in total. The van der Waals surface area contributed by atoms with Gasteiger partial charge in [-0.2, -0.15) is 13.2 Å². The van der Waals surface area contributed by atoms with Crippen LogP contribution in [0.15, 0.2) is 47.0 Å². The fourth-order valence-electron chi connectivity index (χ4n) is 3.49. The Hall–Kier alpha value is -2.76. The van der Waals surface area contributed by atoms with Gasteiger partial charge in [0.15, 0.2) is 5.76 Å². The third kappa shape index (κ3) is 3.20. The third-order valence-electron chi connectivity index (χ3n) is 4.62. The van der Waals surface area contributed by atoms with Gasteiger partial charge in [-0.25, -0.2) is 0 Å². The van der Waals surface area contributed by atoms with E-state index in [-0.39, 0.29) is 23.2 Å². The van der Waals surface area contributed by atoms with Crippen molar-refractivity contribution in [3.63, 3.8) is 0 Å². The van der Waals surface area contributed by atoms with Crippen molar-refractivity contribution in [2.75, 3.05) is 0 Å². The standard InChI is InChI=1S/C21H18F3NO2/c1-12(2)26-14-8-10-16(18(11-14)21(22,23)24)20-17-9-7-13-5-3-4-6-15(13)19(17)25-27-20/h3-6,8,10-12H,7,9H2,1-2H3. The number of aromatic nitrogens is 1. The van der Waals surface area contributed by atoms with Crippen molar-refractivity contribution in [2.24, 2.45) is 0 Å². The van der Waals surface area contributed by atoms with E-state index < -0.39 is 11.7 Å². The van der Waals surface area contributed by atoms with Crippen LogP contribution >= 0.6 is 0 Å². The Morgan fingerprint density at radius 2 is 1.81 bits per heavy atom. The van der Waals surface area contributed by atoms with Crippen molar-refractivity contribution < 1.29 is 22.4 Å². The number of fused-ring (bicyclic) bond motifs is 3. The topological polar surface area (TPSA) is 35.3 Å². The molecule has 0 amide bonds. The van der Waals surface area contributed by atoms with Crippen molar-refractivity contribution in [3.05, 3.63) is 59.2 Å². The van der Waals surface area contributed by atoms with Crippen molar-refractivity contribution >= 4 is 0 Å². The first-order valence-electron chi connectivity index (χ1n) is 8.79. The van der Waals surface area contributed by atoms with Gasteiger partial charge in [0.1, 0.15) is 11.4 Å². The molecule has 27 heavy (non-hydrogen) atoms. The Morgan fingerprint density at radius 3 is 2.56 bits per heavy atom. The number of rotatable bonds is 3. The lowest BCUT2D eigenvalue weighted by Crippen LogP contribution is -2.11. The average Bonchev–Trinajstić information content (AvgIpc) is 3.05. The van der Waals surface area contributed by atoms with Crippen molar-refractivity contribution in [1.29, 1.82) is 0 Å². The average molecular weight is 373 g/mol. The Morgan fingerprint density at radius 1 is 1.04 bits per heavy atom. The van der Waals surface area contributed by atoms with E-state index in [4.69, 9.17) is 9.26 Å². The van der Waals surface area contributed by atoms with E-state index >= 15 is 0 Å². The van der Waals surface area contributed by atoms with Crippen LogP contribution < -0.4 is 4.74 Å². The molecule has 3 aromatic rings. The van der Waals surface area contributed by atoms with Gasteiger partial charge in [-0.15, -0.1) is 0 Å². The highest BCUT2D eigenvalue weighted by Gasteiger charge is 2.37. The largest absolute Gasteiger partial charge is 0.491 e. The fraction of sp³-hybridized carbons (Fsp3) is 0.286. The van der Waals surface area contributed by atoms with E-state index in [1.165, 1.54) is 12.1 Å². The van der Waals surface area contributed by atoms with Crippen LogP contribution in [0.1, 0.15) is 30.5 Å². The molecule has 0 fully saturated rings. The van der Waals surface area contributed by atoms with Crippen molar-refractivity contribution in [3.8, 4) is 28.3 Å². The Balaban J connectivity index is 1.85. The normalized spacial score (nSPS) is 13.4. The molecule has 1 aliphatic rings. The Bertz CT molecular complexity index is 989. The Labute approximate surface area is 154 Å². The quantitative estimate of drug-likeness (QED) is 0.572. The lowest BCUT2D eigenvalue weighted by atomic mass is 9.87. The molecule has 0 spiro atoms. The summed E-state index contributed by atoms with van der Waals surface area (Å²) in [5.74, 6) is 0.364. The maximum atomic E-state index is 13.7. The predicted octanol–water partition coefficient (Wildman–Crippen LogP) is 5.91. The molecule has 0 saturated carbocycles. The molecular weight excluding hydrogens is 355 g/mol. The highest BCUT2D eigenvalue weighted by molar-refractivity contribution is 5.78. The maximum Gasteiger partial charge on any atom is 0.417 e. The molecule has 0 bridgehead atoms. The van der Waals surface area contributed by atoms with E-state index in [1.807, 2.05) is 24.3 Å². The summed E-state index contributed by atoms with van der Waals surface area (Å²) in [5, 5.41) is 4.09. The first kappa shape index (κ1) is 17.6. The predicted molar refractivity (Wildman–Crippen MR) is 95.5 cm³/mol. The summed E-state index contributed by atoms with van der Waals surface area (Å²) in [4.78, 5) is 0. The summed E-state index contributed by atoms with van der Waals surface area (Å²) in [7, 11) is 0. The zero-order chi connectivity index (χ0) is 19.2. The van der Waals surface area contributed by atoms with Gasteiger partial charge in [0, 0.05) is 16.7 Å². The summed E-state index contributed by atoms with van der Waals surface area (Å²) in [6.45, 7) is 3.54. The van der Waals surface area contributed by atoms with E-state index in [0.717, 1.165) is 29.2 Å². The number of nitrogens with zero attached hydrogens (tertiary/aromatic N) is 1. The van der Waals surface area contributed by atoms with Crippen LogP contribution in [0.4, 0.5) is 13.2 Å². The van der Waals surface area contributed by atoms with E-state index in [2.05, 4.69) is 5.16 Å². The first-order chi connectivity index (χ1) is 12.8. The molecule has 0 radical (unpaired) electrons. The Kier molecular flexibility index (Phi) is 4.21. The minimum atomic E-state index is -4.53. The van der Waals surface area contributed by atoms with Gasteiger partial charge >= 0.3 is 6.18 Å². The van der Waals surface area contributed by atoms with Crippen molar-refractivity contribution in [2.45, 2.75) is 39.0 Å². The van der Waals surface area contributed by atoms with E-state index in [1.54, 1.807) is 13.8 Å². The summed E-state index contributed by atoms with van der Waals surface area (Å²) >= 11 is 0. The minimum absolute atomic E-state index is 0.00765. The zero-order valence-corrected chi connectivity index (χ0v) is 14.9. The van der Waals surface area contributed by atoms with Crippen LogP contribution in [-0.2, 0) is 19.0 Å². The SMILES string of the molecule is CC(C)Oc1ccc(-c2onc3c2CCc2ccccc2-3)c(C(F)(F)F)c1. The lowest BCUT2D eigenvalue weighted by Gasteiger charge is -2.17. The molecule has 1 aliphatic carbocycles. The molecule has 140 valence electrons. The molecule has 0 N–H and O–H groups in total. The van der Waals surface area contributed by atoms with Crippen molar-refractivity contribution in [1.82, 2.24) is 5.16 Å². The first-order valence-corrected chi connectivity index (χ1v) is 8.79. The fourth-order valence-corrected chi connectivity index (χ4v) is 3.49. The molecule has 0 saturated heterocycles. The monoisotopic (exact) mass is 373 g/mol. The number of hydrogen-bond acceptors (Lipinski definition) is 3. The molecule has 2 aromatic carbocycles. The molecule has 0 atom stereocenters. The van der Waals surface area contributed by atoms with E-state index in [0.29, 0.717) is 12.1 Å². The van der Waals surface area contributed by atoms with Gasteiger partial charge in [0.25, 0.3) is 0 Å². The van der Waals surface area contributed by atoms with E-state index in [9.17, 15) is 13.2 Å². The van der Waals surface area contributed by atoms with Gasteiger partial charge in [-0.1, -0.05) is 29.4 Å². The van der Waals surface area contributed by atoms with Crippen LogP contribution in [0.2, 0.25) is 0 Å². The second-order valence-electron chi connectivity index (χ2n) is 6.87. The highest BCUT2D eigenvalue weighted by atomic mass is 19.4. The molecule has 6 heteroatoms. The van der Waals surface area contributed by atoms with Gasteiger partial charge in [-0.3, -0.25) is 0 Å². The molecule has 0 unspecified atom stereocenters. The zero-order valence-electron chi connectivity index (χ0n) is 14.9. The number of aryl methyl sites for hydroxylation is 1. The van der Waals surface area contributed by atoms with Crippen LogP contribution in [-0.4, -0.2) is 11.3 Å². The summed E-state index contributed by atoms with van der Waals surface area (Å²) in [5.41, 5.74) is 2.60. The highest BCUT2D eigenvalue weighted by Crippen LogP contribution is 2.44. The summed E-state index contributed by atoms with van der Waals surface area (Å²) in [6.07, 6.45) is -3.41. The van der Waals surface area contributed by atoms with Crippen LogP contribution in [0, 0.1) is 0 Å². The number of benzene rings is 2. The van der Waals surface area contributed by atoms with Crippen LogP contribution in [0.25, 0.3) is 22.6 Å². The number of halogens is 3. The second-order valence-corrected chi connectivity index (χ2v) is 6.87. The minimum Gasteiger partial charge on any atom is -0.491 e. The number of hydrogen-bond donors (Lipinski definition) is 0. The third-order valence-corrected chi connectivity index (χ3v) is 4.62. The summed E-state index contributed by atoms with van der Waals surface area (Å²) in [6, 6.07) is 11.7. The number of alkyl halides is 3. The number of ether oxygens (including phenoxy) is 1. The maximum absolute atomic E-state index is 13.7. The molecule has 4 rings (SSSR count). The molecule has 0 aliphatic heterocycles. The molecule has 1 heterocycles.